The van der Waals surface area contributed by atoms with Crippen molar-refractivity contribution >= 4 is 34.9 Å². The lowest BCUT2D eigenvalue weighted by atomic mass is 10.0. The van der Waals surface area contributed by atoms with E-state index in [4.69, 9.17) is 11.6 Å². The number of ether oxygens (including phenoxy) is 1. The minimum atomic E-state index is -5.28. The monoisotopic (exact) mass is 601 g/mol. The zero-order chi connectivity index (χ0) is 28.9. The summed E-state index contributed by atoms with van der Waals surface area (Å²) in [4.78, 5) is 44.3. The molecule has 5 heterocycles. The zero-order valence-corrected chi connectivity index (χ0v) is 22.0. The number of H-pyrrole nitrogens is 1. The molecule has 1 aliphatic rings. The highest BCUT2D eigenvalue weighted by Gasteiger charge is 2.42. The number of carbonyl (C=O) groups is 2. The maximum atomic E-state index is 13.4. The fourth-order valence-electron chi connectivity index (χ4n) is 4.64. The number of halogens is 4. The smallest absolute Gasteiger partial charge is 0.383 e. The number of alkyl halides is 3. The van der Waals surface area contributed by atoms with E-state index in [1.165, 1.54) is 34.7 Å². The van der Waals surface area contributed by atoms with Gasteiger partial charge in [0.2, 0.25) is 0 Å². The zero-order valence-electron chi connectivity index (χ0n) is 20.4. The summed E-state index contributed by atoms with van der Waals surface area (Å²) in [5.41, 5.74) is 2.78. The number of pyridine rings is 1. The van der Waals surface area contributed by atoms with Crippen molar-refractivity contribution < 1.29 is 27.5 Å². The molecule has 1 aromatic carbocycles. The van der Waals surface area contributed by atoms with Crippen LogP contribution in [-0.2, 0) is 16.0 Å². The molecule has 0 amide bonds. The second-order valence-corrected chi connectivity index (χ2v) is 10.3. The van der Waals surface area contributed by atoms with Crippen molar-refractivity contribution in [3.63, 3.8) is 0 Å². The average molecular weight is 602 g/mol. The van der Waals surface area contributed by atoms with E-state index in [0.29, 0.717) is 51.1 Å². The molecule has 41 heavy (non-hydrogen) atoms. The van der Waals surface area contributed by atoms with Gasteiger partial charge in [0.05, 0.1) is 34.1 Å². The summed E-state index contributed by atoms with van der Waals surface area (Å²) in [5, 5.41) is 13.0. The topological polar surface area (TPSA) is 138 Å². The Morgan fingerprint density at radius 1 is 1.17 bits per heavy atom. The highest BCUT2D eigenvalue weighted by molar-refractivity contribution is 7.13. The van der Waals surface area contributed by atoms with E-state index in [1.807, 2.05) is 6.07 Å². The third-order valence-electron chi connectivity index (χ3n) is 6.43. The first-order chi connectivity index (χ1) is 19.6. The van der Waals surface area contributed by atoms with Gasteiger partial charge in [-0.15, -0.1) is 16.4 Å². The maximum absolute atomic E-state index is 13.4. The molecular weight excluding hydrogens is 587 g/mol. The molecule has 1 N–H and O–H groups in total. The highest BCUT2D eigenvalue weighted by Crippen LogP contribution is 2.35. The van der Waals surface area contributed by atoms with Crippen LogP contribution in [0.25, 0.3) is 27.4 Å². The van der Waals surface area contributed by atoms with Crippen molar-refractivity contribution in [1.29, 1.82) is 0 Å². The molecule has 0 aliphatic carbocycles. The number of carbonyl (C=O) groups excluding carboxylic acids is 2. The lowest BCUT2D eigenvalue weighted by Crippen LogP contribution is -2.27. The van der Waals surface area contributed by atoms with Gasteiger partial charge < -0.3 is 14.3 Å². The van der Waals surface area contributed by atoms with Crippen LogP contribution in [0.2, 0.25) is 5.02 Å². The predicted molar refractivity (Wildman–Crippen MR) is 139 cm³/mol. The Morgan fingerprint density at radius 3 is 2.76 bits per heavy atom. The van der Waals surface area contributed by atoms with Crippen LogP contribution in [0.4, 0.5) is 13.2 Å². The Kier molecular flexibility index (Phi) is 6.54. The van der Waals surface area contributed by atoms with E-state index in [9.17, 15) is 27.6 Å². The van der Waals surface area contributed by atoms with E-state index in [0.717, 1.165) is 17.0 Å². The van der Waals surface area contributed by atoms with Crippen molar-refractivity contribution in [1.82, 2.24) is 34.7 Å². The largest absolute Gasteiger partial charge is 0.491 e. The molecule has 4 aromatic heterocycles. The van der Waals surface area contributed by atoms with E-state index in [2.05, 4.69) is 30.2 Å². The molecule has 0 saturated heterocycles. The van der Waals surface area contributed by atoms with Crippen LogP contribution in [0.1, 0.15) is 34.3 Å². The van der Waals surface area contributed by atoms with E-state index >= 15 is 0 Å². The number of aromatic nitrogens is 7. The third kappa shape index (κ3) is 5.04. The van der Waals surface area contributed by atoms with Gasteiger partial charge in [0.25, 0.3) is 5.56 Å². The number of rotatable bonds is 5. The van der Waals surface area contributed by atoms with Crippen LogP contribution in [-0.4, -0.2) is 52.9 Å². The fraction of sp³-hybridized carbons (Fsp3) is 0.160. The number of nitrogens with one attached hydrogen (secondary N) is 1. The number of nitrogens with zero attached hydrogens (tertiary/aromatic N) is 6. The summed E-state index contributed by atoms with van der Waals surface area (Å²) in [6.45, 7) is 0. The number of benzene rings is 1. The number of esters is 2. The van der Waals surface area contributed by atoms with Gasteiger partial charge >= 0.3 is 18.1 Å². The Morgan fingerprint density at radius 2 is 2.00 bits per heavy atom. The van der Waals surface area contributed by atoms with Crippen molar-refractivity contribution in [2.24, 2.45) is 0 Å². The minimum Gasteiger partial charge on any atom is -0.383 e. The molecule has 11 nitrogen and oxygen atoms in total. The molecule has 208 valence electrons. The summed E-state index contributed by atoms with van der Waals surface area (Å²) in [7, 11) is 0. The summed E-state index contributed by atoms with van der Waals surface area (Å²) in [6, 6.07) is 9.51. The first-order valence-electron chi connectivity index (χ1n) is 11.8. The van der Waals surface area contributed by atoms with Crippen molar-refractivity contribution in [3.05, 3.63) is 86.8 Å². The summed E-state index contributed by atoms with van der Waals surface area (Å²) < 4.78 is 44.2. The number of tetrazole rings is 1. The van der Waals surface area contributed by atoms with Crippen LogP contribution >= 0.6 is 22.9 Å². The van der Waals surface area contributed by atoms with Gasteiger partial charge in [-0.25, -0.2) is 14.6 Å². The van der Waals surface area contributed by atoms with Crippen molar-refractivity contribution in [2.75, 3.05) is 0 Å². The SMILES string of the molecule is O=C(OC(=O)C(F)(F)F)c1csc(-c2cnc([C@@H]3CCc4cc(-c5cc(Cl)ccc5-n5cnnn5)cc(=O)n43)[nH]2)c1. The van der Waals surface area contributed by atoms with Gasteiger partial charge in [0, 0.05) is 27.7 Å². The van der Waals surface area contributed by atoms with Gasteiger partial charge in [-0.1, -0.05) is 11.6 Å². The first kappa shape index (κ1) is 26.6. The van der Waals surface area contributed by atoms with Crippen molar-refractivity contribution in [3.8, 4) is 27.4 Å². The fourth-order valence-corrected chi connectivity index (χ4v) is 5.65. The van der Waals surface area contributed by atoms with Gasteiger partial charge in [-0.3, -0.25) is 4.79 Å². The van der Waals surface area contributed by atoms with E-state index in [-0.39, 0.29) is 11.1 Å². The summed E-state index contributed by atoms with van der Waals surface area (Å²) in [6.07, 6.45) is -1.16. The number of hydrogen-bond donors (Lipinski definition) is 1. The van der Waals surface area contributed by atoms with Crippen molar-refractivity contribution in [2.45, 2.75) is 25.1 Å². The van der Waals surface area contributed by atoms with E-state index in [1.54, 1.807) is 22.8 Å². The second-order valence-electron chi connectivity index (χ2n) is 8.97. The standard InChI is InChI=1S/C25H15ClF3N7O4S/c26-14-1-3-18(35-11-31-33-34-35)16(8-14)12-5-15-2-4-19(36(15)21(37)7-12)22-30-9-17(32-22)20-6-13(10-41-20)23(38)40-24(39)25(27,28)29/h1,3,5-11,19H,2,4H2,(H,30,32)/t19-/m0/s1. The number of thiophene rings is 1. The van der Waals surface area contributed by atoms with Gasteiger partial charge in [0.1, 0.15) is 12.2 Å². The minimum absolute atomic E-state index is 0.212. The molecule has 1 atom stereocenters. The van der Waals surface area contributed by atoms with Gasteiger partial charge in [-0.2, -0.15) is 17.9 Å². The molecule has 1 aliphatic heterocycles. The Bertz CT molecular complexity index is 1860. The molecule has 0 radical (unpaired) electrons. The Labute approximate surface area is 236 Å². The molecule has 0 bridgehead atoms. The quantitative estimate of drug-likeness (QED) is 0.231. The Hall–Kier alpha value is -4.63. The molecule has 0 fully saturated rings. The Balaban J connectivity index is 1.27. The van der Waals surface area contributed by atoms with Gasteiger partial charge in [-0.05, 0) is 59.2 Å². The molecule has 6 rings (SSSR count). The molecule has 0 unspecified atom stereocenters. The lowest BCUT2D eigenvalue weighted by Gasteiger charge is -2.15. The number of aromatic amines is 1. The highest BCUT2D eigenvalue weighted by atomic mass is 35.5. The molecular formula is C25H15ClF3N7O4S. The van der Waals surface area contributed by atoms with Crippen LogP contribution in [0.5, 0.6) is 0 Å². The van der Waals surface area contributed by atoms with Crippen LogP contribution < -0.4 is 5.56 Å². The molecule has 0 spiro atoms. The average Bonchev–Trinajstić information content (AvgIpc) is 3.73. The first-order valence-corrected chi connectivity index (χ1v) is 13.1. The second kappa shape index (κ2) is 10.1. The molecule has 0 saturated carbocycles. The third-order valence-corrected chi connectivity index (χ3v) is 7.63. The van der Waals surface area contributed by atoms with E-state index < -0.39 is 24.2 Å². The van der Waals surface area contributed by atoms with Crippen LogP contribution in [0.3, 0.4) is 0 Å². The van der Waals surface area contributed by atoms with Gasteiger partial charge in [0.15, 0.2) is 0 Å². The van der Waals surface area contributed by atoms with Crippen LogP contribution in [0.15, 0.2) is 59.1 Å². The van der Waals surface area contributed by atoms with Crippen LogP contribution in [0, 0.1) is 0 Å². The number of aryl methyl sites for hydroxylation is 1. The maximum Gasteiger partial charge on any atom is 0.491 e. The molecule has 16 heteroatoms. The summed E-state index contributed by atoms with van der Waals surface area (Å²) >= 11 is 7.31. The predicted octanol–water partition coefficient (Wildman–Crippen LogP) is 4.38. The molecule has 5 aromatic rings. The number of imidazole rings is 1. The number of fused-ring (bicyclic) bond motifs is 1. The number of hydrogen-bond acceptors (Lipinski definition) is 9. The summed E-state index contributed by atoms with van der Waals surface area (Å²) in [5.74, 6) is -3.50. The lowest BCUT2D eigenvalue weighted by molar-refractivity contribution is -0.193. The normalized spacial score (nSPS) is 14.7.